The Labute approximate surface area is 128 Å². The number of ether oxygens (including phenoxy) is 1. The van der Waals surface area contributed by atoms with Crippen molar-refractivity contribution in [2.24, 2.45) is 0 Å². The van der Waals surface area contributed by atoms with Gasteiger partial charge in [0.05, 0.1) is 17.3 Å². The zero-order valence-electron chi connectivity index (χ0n) is 13.1. The van der Waals surface area contributed by atoms with Crippen molar-refractivity contribution in [3.63, 3.8) is 0 Å². The molecule has 0 saturated heterocycles. The molecule has 1 aromatic rings. The Balaban J connectivity index is 2.98. The van der Waals surface area contributed by atoms with Crippen molar-refractivity contribution in [3.05, 3.63) is 28.8 Å². The smallest absolute Gasteiger partial charge is 0.0643 e. The van der Waals surface area contributed by atoms with Gasteiger partial charge in [-0.1, -0.05) is 30.7 Å². The van der Waals surface area contributed by atoms with Crippen molar-refractivity contribution < 1.29 is 4.74 Å². The highest BCUT2D eigenvalue weighted by atomic mass is 35.5. The van der Waals surface area contributed by atoms with Crippen LogP contribution in [0.15, 0.2) is 18.2 Å². The molecule has 0 unspecified atom stereocenters. The summed E-state index contributed by atoms with van der Waals surface area (Å²) >= 11 is 6.45. The maximum absolute atomic E-state index is 6.45. The zero-order chi connectivity index (χ0) is 15.0. The van der Waals surface area contributed by atoms with Crippen molar-refractivity contribution in [1.82, 2.24) is 5.32 Å². The highest BCUT2D eigenvalue weighted by Crippen LogP contribution is 2.31. The zero-order valence-corrected chi connectivity index (χ0v) is 13.8. The predicted octanol–water partition coefficient (Wildman–Crippen LogP) is 3.70. The van der Waals surface area contributed by atoms with E-state index >= 15 is 0 Å². The molecule has 114 valence electrons. The first-order valence-corrected chi connectivity index (χ1v) is 7.73. The van der Waals surface area contributed by atoms with Crippen LogP contribution in [0.1, 0.15) is 32.8 Å². The number of nitrogens with zero attached hydrogens (tertiary/aromatic N) is 1. The SMILES string of the molecule is CCCNCc1cccc(Cl)c1N(CCOC)C(C)C. The molecular weight excluding hydrogens is 272 g/mol. The molecule has 3 nitrogen and oxygen atoms in total. The molecule has 0 saturated carbocycles. The van der Waals surface area contributed by atoms with Crippen LogP contribution in [0.4, 0.5) is 5.69 Å². The van der Waals surface area contributed by atoms with Gasteiger partial charge in [-0.3, -0.25) is 0 Å². The minimum atomic E-state index is 0.384. The molecule has 0 bridgehead atoms. The number of methoxy groups -OCH3 is 1. The van der Waals surface area contributed by atoms with Crippen LogP contribution in [0.2, 0.25) is 5.02 Å². The topological polar surface area (TPSA) is 24.5 Å². The summed E-state index contributed by atoms with van der Waals surface area (Å²) in [6.45, 7) is 9.95. The second kappa shape index (κ2) is 9.22. The molecule has 0 fully saturated rings. The van der Waals surface area contributed by atoms with Gasteiger partial charge in [0.15, 0.2) is 0 Å². The molecule has 1 rings (SSSR count). The van der Waals surface area contributed by atoms with Crippen LogP contribution in [-0.4, -0.2) is 32.8 Å². The molecule has 20 heavy (non-hydrogen) atoms. The van der Waals surface area contributed by atoms with Crippen molar-refractivity contribution in [2.75, 3.05) is 31.7 Å². The van der Waals surface area contributed by atoms with Crippen molar-refractivity contribution >= 4 is 17.3 Å². The van der Waals surface area contributed by atoms with Gasteiger partial charge in [-0.25, -0.2) is 0 Å². The highest BCUT2D eigenvalue weighted by molar-refractivity contribution is 6.33. The van der Waals surface area contributed by atoms with E-state index in [-0.39, 0.29) is 0 Å². The third-order valence-corrected chi connectivity index (χ3v) is 3.56. The van der Waals surface area contributed by atoms with Crippen LogP contribution >= 0.6 is 11.6 Å². The molecule has 1 N–H and O–H groups in total. The lowest BCUT2D eigenvalue weighted by atomic mass is 10.1. The largest absolute Gasteiger partial charge is 0.383 e. The van der Waals surface area contributed by atoms with Crippen LogP contribution in [0.5, 0.6) is 0 Å². The van der Waals surface area contributed by atoms with Crippen molar-refractivity contribution in [3.8, 4) is 0 Å². The molecule has 1 aromatic carbocycles. The van der Waals surface area contributed by atoms with E-state index in [2.05, 4.69) is 37.1 Å². The number of hydrogen-bond acceptors (Lipinski definition) is 3. The first-order valence-electron chi connectivity index (χ1n) is 7.35. The molecule has 0 atom stereocenters. The number of nitrogens with one attached hydrogen (secondary N) is 1. The Morgan fingerprint density at radius 3 is 2.70 bits per heavy atom. The average molecular weight is 299 g/mol. The molecule has 0 aliphatic rings. The average Bonchev–Trinajstić information content (AvgIpc) is 2.41. The summed E-state index contributed by atoms with van der Waals surface area (Å²) in [6, 6.07) is 6.51. The summed E-state index contributed by atoms with van der Waals surface area (Å²) < 4.78 is 5.22. The molecule has 0 amide bonds. The minimum absolute atomic E-state index is 0.384. The number of para-hydroxylation sites is 1. The van der Waals surface area contributed by atoms with E-state index < -0.39 is 0 Å². The van der Waals surface area contributed by atoms with Crippen molar-refractivity contribution in [2.45, 2.75) is 39.8 Å². The van der Waals surface area contributed by atoms with E-state index in [4.69, 9.17) is 16.3 Å². The summed E-state index contributed by atoms with van der Waals surface area (Å²) in [7, 11) is 1.73. The van der Waals surface area contributed by atoms with Gasteiger partial charge in [0.2, 0.25) is 0 Å². The molecular formula is C16H27ClN2O. The van der Waals surface area contributed by atoms with Gasteiger partial charge in [-0.15, -0.1) is 0 Å². The molecule has 0 spiro atoms. The van der Waals surface area contributed by atoms with Gasteiger partial charge in [-0.2, -0.15) is 0 Å². The van der Waals surface area contributed by atoms with E-state index in [9.17, 15) is 0 Å². The predicted molar refractivity (Wildman–Crippen MR) is 87.8 cm³/mol. The third-order valence-electron chi connectivity index (χ3n) is 3.26. The lowest BCUT2D eigenvalue weighted by molar-refractivity contribution is 0.204. The summed E-state index contributed by atoms with van der Waals surface area (Å²) in [5.41, 5.74) is 2.38. The van der Waals surface area contributed by atoms with E-state index in [1.54, 1.807) is 7.11 Å². The fourth-order valence-corrected chi connectivity index (χ4v) is 2.54. The number of halogens is 1. The number of benzene rings is 1. The first-order chi connectivity index (χ1) is 9.61. The van der Waals surface area contributed by atoms with Gasteiger partial charge in [0.25, 0.3) is 0 Å². The lowest BCUT2D eigenvalue weighted by Crippen LogP contribution is -2.35. The first kappa shape index (κ1) is 17.3. The number of anilines is 1. The summed E-state index contributed by atoms with van der Waals surface area (Å²) in [5.74, 6) is 0. The Morgan fingerprint density at radius 1 is 1.35 bits per heavy atom. The minimum Gasteiger partial charge on any atom is -0.383 e. The maximum Gasteiger partial charge on any atom is 0.0643 e. The van der Waals surface area contributed by atoms with E-state index in [0.717, 1.165) is 36.8 Å². The molecule has 0 aromatic heterocycles. The van der Waals surface area contributed by atoms with Crippen LogP contribution in [-0.2, 0) is 11.3 Å². The highest BCUT2D eigenvalue weighted by Gasteiger charge is 2.17. The number of rotatable bonds is 9. The van der Waals surface area contributed by atoms with Crippen LogP contribution in [0.25, 0.3) is 0 Å². The standard InChI is InChI=1S/C16H27ClN2O/c1-5-9-18-12-14-7-6-8-15(17)16(14)19(13(2)3)10-11-20-4/h6-8,13,18H,5,9-12H2,1-4H3. The fraction of sp³-hybridized carbons (Fsp3) is 0.625. The van der Waals surface area contributed by atoms with Gasteiger partial charge < -0.3 is 15.0 Å². The molecule has 0 radical (unpaired) electrons. The van der Waals surface area contributed by atoms with Crippen LogP contribution < -0.4 is 10.2 Å². The molecule has 4 heteroatoms. The fourth-order valence-electron chi connectivity index (χ4n) is 2.24. The van der Waals surface area contributed by atoms with E-state index in [0.29, 0.717) is 12.6 Å². The van der Waals surface area contributed by atoms with Crippen molar-refractivity contribution in [1.29, 1.82) is 0 Å². The Hall–Kier alpha value is -0.770. The monoisotopic (exact) mass is 298 g/mol. The molecule has 0 heterocycles. The van der Waals surface area contributed by atoms with E-state index in [1.807, 2.05) is 12.1 Å². The summed E-state index contributed by atoms with van der Waals surface area (Å²) in [4.78, 5) is 2.31. The third kappa shape index (κ3) is 4.97. The number of hydrogen-bond donors (Lipinski definition) is 1. The van der Waals surface area contributed by atoms with Crippen LogP contribution in [0, 0.1) is 0 Å². The second-order valence-corrected chi connectivity index (χ2v) is 5.61. The molecule has 0 aliphatic carbocycles. The van der Waals surface area contributed by atoms with Crippen LogP contribution in [0.3, 0.4) is 0 Å². The Morgan fingerprint density at radius 2 is 2.10 bits per heavy atom. The summed E-state index contributed by atoms with van der Waals surface area (Å²) in [5, 5.41) is 4.26. The Bertz CT molecular complexity index is 396. The molecule has 0 aliphatic heterocycles. The lowest BCUT2D eigenvalue weighted by Gasteiger charge is -2.31. The second-order valence-electron chi connectivity index (χ2n) is 5.20. The van der Waals surface area contributed by atoms with E-state index in [1.165, 1.54) is 5.56 Å². The summed E-state index contributed by atoms with van der Waals surface area (Å²) in [6.07, 6.45) is 1.13. The van der Waals surface area contributed by atoms with Gasteiger partial charge in [0.1, 0.15) is 0 Å². The van der Waals surface area contributed by atoms with Gasteiger partial charge in [0, 0.05) is 26.2 Å². The van der Waals surface area contributed by atoms with Gasteiger partial charge in [-0.05, 0) is 38.4 Å². The normalized spacial score (nSPS) is 11.1. The Kier molecular flexibility index (Phi) is 7.97. The van der Waals surface area contributed by atoms with Gasteiger partial charge >= 0.3 is 0 Å². The maximum atomic E-state index is 6.45. The quantitative estimate of drug-likeness (QED) is 0.704.